The van der Waals surface area contributed by atoms with E-state index in [4.69, 9.17) is 24.1 Å². The molecule has 1 unspecified atom stereocenters. The number of hydrogen-bond acceptors (Lipinski definition) is 9. The van der Waals surface area contributed by atoms with E-state index in [0.29, 0.717) is 39.5 Å². The first-order chi connectivity index (χ1) is 18.3. The Morgan fingerprint density at radius 2 is 1.47 bits per heavy atom. The molecule has 0 aliphatic heterocycles. The van der Waals surface area contributed by atoms with E-state index in [-0.39, 0.29) is 31.7 Å². The molecule has 3 aromatic rings. The van der Waals surface area contributed by atoms with E-state index in [9.17, 15) is 9.90 Å². The lowest BCUT2D eigenvalue weighted by atomic mass is 9.85. The van der Waals surface area contributed by atoms with Gasteiger partial charge in [0.1, 0.15) is 17.6 Å². The minimum absolute atomic E-state index is 0.0389. The first kappa shape index (κ1) is 29.7. The van der Waals surface area contributed by atoms with Gasteiger partial charge >= 0.3 is 5.97 Å². The van der Waals surface area contributed by atoms with E-state index in [1.807, 2.05) is 42.5 Å². The topological polar surface area (TPSA) is 125 Å². The molecule has 0 radical (unpaired) electrons. The van der Waals surface area contributed by atoms with Crippen LogP contribution in [0.4, 0.5) is 0 Å². The largest absolute Gasteiger partial charge is 0.461 e. The van der Waals surface area contributed by atoms with E-state index in [0.717, 1.165) is 27.8 Å². The van der Waals surface area contributed by atoms with Gasteiger partial charge in [0.25, 0.3) is 0 Å². The van der Waals surface area contributed by atoms with E-state index in [1.165, 1.54) is 0 Å². The highest BCUT2D eigenvalue weighted by molar-refractivity contribution is 5.75. The third-order valence-corrected chi connectivity index (χ3v) is 5.73. The number of carbonyl (C=O) groups excluding carboxylic acids is 1. The predicted molar refractivity (Wildman–Crippen MR) is 142 cm³/mol. The quantitative estimate of drug-likeness (QED) is 0.213. The zero-order valence-electron chi connectivity index (χ0n) is 22.5. The summed E-state index contributed by atoms with van der Waals surface area (Å²) in [5.74, 6) is -0.699. The fourth-order valence-electron chi connectivity index (χ4n) is 3.63. The summed E-state index contributed by atoms with van der Waals surface area (Å²) in [6.07, 6.45) is -0.593. The van der Waals surface area contributed by atoms with Crippen LogP contribution in [0.5, 0.6) is 0 Å². The fraction of sp³-hybridized carbons (Fsp3) is 0.536. The number of carbonyl (C=O) groups is 1. The van der Waals surface area contributed by atoms with Crippen LogP contribution in [-0.2, 0) is 35.6 Å². The third kappa shape index (κ3) is 9.45. The van der Waals surface area contributed by atoms with Crippen LogP contribution in [0.15, 0.2) is 42.5 Å². The van der Waals surface area contributed by atoms with Crippen LogP contribution in [0.2, 0.25) is 0 Å². The summed E-state index contributed by atoms with van der Waals surface area (Å²) in [4.78, 5) is 14.0. The highest BCUT2D eigenvalue weighted by Gasteiger charge is 2.21. The maximum Gasteiger partial charge on any atom is 0.335 e. The second-order valence-corrected chi connectivity index (χ2v) is 9.92. The molecule has 10 heteroatoms. The highest BCUT2D eigenvalue weighted by Crippen LogP contribution is 2.27. The lowest BCUT2D eigenvalue weighted by Gasteiger charge is -2.21. The van der Waals surface area contributed by atoms with Gasteiger partial charge in [0.15, 0.2) is 6.10 Å². The number of ether oxygens (including phenoxy) is 4. The summed E-state index contributed by atoms with van der Waals surface area (Å²) in [5.41, 5.74) is 4.01. The van der Waals surface area contributed by atoms with Crippen LogP contribution in [-0.4, -0.2) is 90.1 Å². The van der Waals surface area contributed by atoms with Gasteiger partial charge in [-0.2, -0.15) is 4.80 Å². The Kier molecular flexibility index (Phi) is 11.6. The van der Waals surface area contributed by atoms with Gasteiger partial charge in [0.05, 0.1) is 38.7 Å². The van der Waals surface area contributed by atoms with Crippen molar-refractivity contribution in [3.63, 3.8) is 0 Å². The number of aliphatic hydroxyl groups is 2. The van der Waals surface area contributed by atoms with Gasteiger partial charge in [-0.15, -0.1) is 10.2 Å². The molecular weight excluding hydrogens is 490 g/mol. The van der Waals surface area contributed by atoms with Crippen LogP contribution in [0, 0.1) is 0 Å². The fourth-order valence-corrected chi connectivity index (χ4v) is 3.63. The van der Waals surface area contributed by atoms with Crippen LogP contribution >= 0.6 is 0 Å². The number of aliphatic hydroxyl groups excluding tert-OH is 2. The zero-order valence-corrected chi connectivity index (χ0v) is 22.5. The molecule has 0 spiro atoms. The van der Waals surface area contributed by atoms with Gasteiger partial charge in [0.2, 0.25) is 0 Å². The molecule has 0 aliphatic carbocycles. The lowest BCUT2D eigenvalue weighted by Crippen LogP contribution is -2.27. The summed E-state index contributed by atoms with van der Waals surface area (Å²) in [6.45, 7) is 8.84. The van der Waals surface area contributed by atoms with Crippen molar-refractivity contribution in [2.75, 3.05) is 52.9 Å². The van der Waals surface area contributed by atoms with Crippen molar-refractivity contribution in [3.05, 3.63) is 53.6 Å². The monoisotopic (exact) mass is 529 g/mol. The molecule has 1 atom stereocenters. The van der Waals surface area contributed by atoms with Crippen molar-refractivity contribution in [3.8, 4) is 5.69 Å². The van der Waals surface area contributed by atoms with Crippen molar-refractivity contribution >= 4 is 17.0 Å². The molecule has 1 aromatic heterocycles. The summed E-state index contributed by atoms with van der Waals surface area (Å²) in [6, 6.07) is 13.5. The van der Waals surface area contributed by atoms with Crippen molar-refractivity contribution < 1.29 is 34.0 Å². The first-order valence-corrected chi connectivity index (χ1v) is 12.9. The van der Waals surface area contributed by atoms with Crippen LogP contribution < -0.4 is 0 Å². The van der Waals surface area contributed by atoms with E-state index in [1.54, 1.807) is 4.80 Å². The Balaban J connectivity index is 1.47. The molecule has 2 N–H and O–H groups in total. The number of esters is 1. The Hall–Kier alpha value is -2.89. The lowest BCUT2D eigenvalue weighted by molar-refractivity contribution is -0.155. The van der Waals surface area contributed by atoms with E-state index >= 15 is 0 Å². The number of fused-ring (bicyclic) bond motifs is 1. The minimum Gasteiger partial charge on any atom is -0.461 e. The maximum atomic E-state index is 12.4. The zero-order chi connectivity index (χ0) is 27.4. The Morgan fingerprint density at radius 1 is 0.895 bits per heavy atom. The van der Waals surface area contributed by atoms with E-state index < -0.39 is 12.1 Å². The minimum atomic E-state index is -1.31. The summed E-state index contributed by atoms with van der Waals surface area (Å²) in [7, 11) is 0. The normalized spacial score (nSPS) is 12.7. The standard InChI is InChI=1S/C28H39N3O7/c1-28(2,3)22-17-21(18-23(20-22)31-29-24-7-4-5-8-25(24)30-31)19-26(33)27(34)38-16-15-37-14-13-36-12-11-35-10-6-9-32/h4-5,7-8,17-18,20,26,32-33H,6,9-16,19H2,1-3H3. The molecule has 0 aliphatic rings. The van der Waals surface area contributed by atoms with Crippen LogP contribution in [0.25, 0.3) is 16.7 Å². The van der Waals surface area contributed by atoms with Crippen LogP contribution in [0.1, 0.15) is 38.3 Å². The Labute approximate surface area is 223 Å². The van der Waals surface area contributed by atoms with Crippen molar-refractivity contribution in [1.82, 2.24) is 15.0 Å². The molecule has 0 amide bonds. The van der Waals surface area contributed by atoms with Gasteiger partial charge in [-0.3, -0.25) is 0 Å². The summed E-state index contributed by atoms with van der Waals surface area (Å²) < 4.78 is 21.2. The predicted octanol–water partition coefficient (Wildman–Crippen LogP) is 2.60. The second-order valence-electron chi connectivity index (χ2n) is 9.92. The molecule has 0 fully saturated rings. The number of aromatic nitrogens is 3. The molecular formula is C28H39N3O7. The van der Waals surface area contributed by atoms with Crippen molar-refractivity contribution in [2.45, 2.75) is 45.1 Å². The average Bonchev–Trinajstić information content (AvgIpc) is 3.33. The van der Waals surface area contributed by atoms with Crippen LogP contribution in [0.3, 0.4) is 0 Å². The Morgan fingerprint density at radius 3 is 2.05 bits per heavy atom. The number of benzene rings is 2. The van der Waals surface area contributed by atoms with Gasteiger partial charge in [0, 0.05) is 19.6 Å². The van der Waals surface area contributed by atoms with Gasteiger partial charge in [-0.05, 0) is 47.2 Å². The average molecular weight is 530 g/mol. The summed E-state index contributed by atoms with van der Waals surface area (Å²) in [5, 5.41) is 28.3. The molecule has 0 saturated heterocycles. The second kappa shape index (κ2) is 14.9. The van der Waals surface area contributed by atoms with Gasteiger partial charge in [-0.1, -0.05) is 39.0 Å². The first-order valence-electron chi connectivity index (χ1n) is 12.9. The van der Waals surface area contributed by atoms with Crippen molar-refractivity contribution in [1.29, 1.82) is 0 Å². The molecule has 0 saturated carbocycles. The van der Waals surface area contributed by atoms with Crippen molar-refractivity contribution in [2.24, 2.45) is 0 Å². The molecule has 1 heterocycles. The summed E-state index contributed by atoms with van der Waals surface area (Å²) >= 11 is 0. The van der Waals surface area contributed by atoms with Gasteiger partial charge in [-0.25, -0.2) is 4.79 Å². The molecule has 0 bridgehead atoms. The number of nitrogens with zero attached hydrogens (tertiary/aromatic N) is 3. The molecule has 10 nitrogen and oxygen atoms in total. The SMILES string of the molecule is CC(C)(C)c1cc(CC(O)C(=O)OCCOCCOCCOCCCO)cc(-n2nc3ccccc3n2)c1. The number of hydrogen-bond donors (Lipinski definition) is 2. The van der Waals surface area contributed by atoms with Gasteiger partial charge < -0.3 is 29.2 Å². The smallest absolute Gasteiger partial charge is 0.335 e. The molecule has 3 rings (SSSR count). The Bertz CT molecular complexity index is 1110. The molecule has 2 aromatic carbocycles. The molecule has 208 valence electrons. The third-order valence-electron chi connectivity index (χ3n) is 5.73. The highest BCUT2D eigenvalue weighted by atomic mass is 16.6. The maximum absolute atomic E-state index is 12.4. The van der Waals surface area contributed by atoms with E-state index in [2.05, 4.69) is 31.0 Å². The molecule has 38 heavy (non-hydrogen) atoms. The number of rotatable bonds is 16.